The molecule has 11 heteroatoms. The van der Waals surface area contributed by atoms with Crippen LogP contribution in [0, 0.1) is 5.41 Å². The number of esters is 2. The van der Waals surface area contributed by atoms with Gasteiger partial charge in [0.2, 0.25) is 0 Å². The summed E-state index contributed by atoms with van der Waals surface area (Å²) >= 11 is 0. The quantitative estimate of drug-likeness (QED) is 0.446. The second-order valence-corrected chi connectivity index (χ2v) is 15.8. The first-order valence-corrected chi connectivity index (χ1v) is 15.9. The van der Waals surface area contributed by atoms with Crippen LogP contribution < -0.4 is 0 Å². The lowest BCUT2D eigenvalue weighted by Gasteiger charge is -2.39. The zero-order valence-electron chi connectivity index (χ0n) is 29.0. The topological polar surface area (TPSA) is 104 Å². The van der Waals surface area contributed by atoms with Crippen LogP contribution in [-0.4, -0.2) is 151 Å². The number of ether oxygens (including phenoxy) is 4. The summed E-state index contributed by atoms with van der Waals surface area (Å²) in [5.74, 6) is -1.30. The molecular weight excluding hydrogens is 552 g/mol. The molecule has 0 aromatic carbocycles. The molecule has 2 rings (SSSR count). The summed E-state index contributed by atoms with van der Waals surface area (Å²) in [6.07, 6.45) is -0.700. The molecule has 0 amide bonds. The minimum absolute atomic E-state index is 0.0882. The van der Waals surface area contributed by atoms with Gasteiger partial charge in [-0.25, -0.2) is 0 Å². The maximum Gasteiger partial charge on any atom is 0.320 e. The van der Waals surface area contributed by atoms with E-state index in [2.05, 4.69) is 40.4 Å². The van der Waals surface area contributed by atoms with E-state index in [0.29, 0.717) is 45.9 Å². The van der Waals surface area contributed by atoms with Gasteiger partial charge in [0.05, 0.1) is 38.4 Å². The number of nitrogens with zero attached hydrogens (tertiary/aromatic N) is 4. The zero-order valence-corrected chi connectivity index (χ0v) is 29.0. The van der Waals surface area contributed by atoms with E-state index < -0.39 is 23.1 Å². The number of aliphatic hydroxyl groups is 1. The molecule has 2 atom stereocenters. The van der Waals surface area contributed by atoms with Crippen LogP contribution in [0.2, 0.25) is 0 Å². The minimum atomic E-state index is -0.763. The van der Waals surface area contributed by atoms with Crippen molar-refractivity contribution in [3.63, 3.8) is 0 Å². The molecule has 0 aliphatic carbocycles. The Kier molecular flexibility index (Phi) is 13.9. The van der Waals surface area contributed by atoms with Gasteiger partial charge in [0.1, 0.15) is 11.2 Å². The molecular formula is C32H62N4O7. The van der Waals surface area contributed by atoms with Crippen molar-refractivity contribution in [1.29, 1.82) is 0 Å². The fraction of sp³-hybridized carbons (Fsp3) is 0.938. The van der Waals surface area contributed by atoms with Crippen LogP contribution in [0.1, 0.15) is 76.2 Å². The van der Waals surface area contributed by atoms with Gasteiger partial charge in [-0.3, -0.25) is 24.3 Å². The average molecular weight is 615 g/mol. The molecule has 1 N–H and O–H groups in total. The molecule has 2 saturated heterocycles. The molecule has 0 radical (unpaired) electrons. The lowest BCUT2D eigenvalue weighted by atomic mass is 9.96. The number of hydrogen-bond donors (Lipinski definition) is 1. The molecule has 2 aliphatic rings. The van der Waals surface area contributed by atoms with E-state index >= 15 is 0 Å². The molecule has 11 nitrogen and oxygen atoms in total. The maximum absolute atomic E-state index is 12.9. The predicted molar refractivity (Wildman–Crippen MR) is 168 cm³/mol. The van der Waals surface area contributed by atoms with Crippen molar-refractivity contribution in [2.24, 2.45) is 5.41 Å². The van der Waals surface area contributed by atoms with Crippen LogP contribution in [0.5, 0.6) is 0 Å². The Morgan fingerprint density at radius 2 is 1.09 bits per heavy atom. The summed E-state index contributed by atoms with van der Waals surface area (Å²) in [5.41, 5.74) is -1.05. The number of rotatable bonds is 6. The number of carbonyl (C=O) groups is 2. The molecule has 0 bridgehead atoms. The van der Waals surface area contributed by atoms with Crippen LogP contribution in [0.3, 0.4) is 0 Å². The highest BCUT2D eigenvalue weighted by molar-refractivity contribution is 5.72. The normalized spacial score (nSPS) is 25.3. The third-order valence-electron chi connectivity index (χ3n) is 7.23. The van der Waals surface area contributed by atoms with Crippen molar-refractivity contribution in [2.45, 2.75) is 105 Å². The third-order valence-corrected chi connectivity index (χ3v) is 7.23. The first kappa shape index (κ1) is 37.8. The molecule has 0 saturated carbocycles. The van der Waals surface area contributed by atoms with Gasteiger partial charge < -0.3 is 29.0 Å². The number of aliphatic hydroxyl groups excluding tert-OH is 1. The molecule has 43 heavy (non-hydrogen) atoms. The van der Waals surface area contributed by atoms with Gasteiger partial charge in [-0.2, -0.15) is 0 Å². The van der Waals surface area contributed by atoms with Gasteiger partial charge in [0, 0.05) is 58.9 Å². The van der Waals surface area contributed by atoms with Crippen LogP contribution in [0.4, 0.5) is 0 Å². The van der Waals surface area contributed by atoms with Crippen LogP contribution in [0.25, 0.3) is 0 Å². The molecule has 252 valence electrons. The van der Waals surface area contributed by atoms with Crippen molar-refractivity contribution < 1.29 is 33.6 Å². The summed E-state index contributed by atoms with van der Waals surface area (Å²) in [5, 5.41) is 11.1. The van der Waals surface area contributed by atoms with Gasteiger partial charge in [-0.1, -0.05) is 20.8 Å². The summed E-state index contributed by atoms with van der Waals surface area (Å²) in [6.45, 7) is 28.8. The van der Waals surface area contributed by atoms with Gasteiger partial charge in [0.15, 0.2) is 5.79 Å². The Morgan fingerprint density at radius 1 is 0.698 bits per heavy atom. The SMILES string of the molecule is CC(C)(C)CN1CCN(CC(=O)OC(C)(C)C)CCN(CC(=O)OC(C)(C)C)CCN(C2COC(C)(C)OC[C@@H]2O)CC1. The molecule has 0 aromatic rings. The first-order valence-electron chi connectivity index (χ1n) is 15.9. The Labute approximate surface area is 261 Å². The molecule has 0 spiro atoms. The van der Waals surface area contributed by atoms with E-state index in [0.717, 1.165) is 19.6 Å². The average Bonchev–Trinajstić information content (AvgIpc) is 2.93. The smallest absolute Gasteiger partial charge is 0.320 e. The second kappa shape index (κ2) is 15.8. The highest BCUT2D eigenvalue weighted by atomic mass is 16.7. The van der Waals surface area contributed by atoms with E-state index in [-0.39, 0.29) is 43.1 Å². The molecule has 2 aliphatic heterocycles. The monoisotopic (exact) mass is 614 g/mol. The first-order chi connectivity index (χ1) is 19.6. The van der Waals surface area contributed by atoms with Gasteiger partial charge >= 0.3 is 11.9 Å². The third kappa shape index (κ3) is 16.0. The standard InChI is InChI=1S/C32H62N4O7/c1-29(2,3)24-35-15-14-33(20-27(38)42-30(4,5)6)12-13-34(21-28(39)43-31(7,8)9)16-18-36(19-17-35)25-22-40-32(10,11)41-23-26(25)37/h25-26,37H,12-24H2,1-11H3/t25?,26-/m0/s1. The molecule has 2 fully saturated rings. The predicted octanol–water partition coefficient (Wildman–Crippen LogP) is 2.45. The Balaban J connectivity index is 2.31. The van der Waals surface area contributed by atoms with Crippen molar-refractivity contribution in [2.75, 3.05) is 85.2 Å². The van der Waals surface area contributed by atoms with Crippen molar-refractivity contribution in [3.8, 4) is 0 Å². The highest BCUT2D eigenvalue weighted by Crippen LogP contribution is 2.22. The Hall–Kier alpha value is -1.34. The summed E-state index contributed by atoms with van der Waals surface area (Å²) < 4.78 is 23.2. The highest BCUT2D eigenvalue weighted by Gasteiger charge is 2.35. The number of carbonyl (C=O) groups excluding carboxylic acids is 2. The van der Waals surface area contributed by atoms with E-state index in [4.69, 9.17) is 18.9 Å². The van der Waals surface area contributed by atoms with Crippen LogP contribution in [-0.2, 0) is 28.5 Å². The fourth-order valence-electron chi connectivity index (χ4n) is 5.33. The lowest BCUT2D eigenvalue weighted by molar-refractivity contribution is -0.204. The van der Waals surface area contributed by atoms with Crippen molar-refractivity contribution in [1.82, 2.24) is 19.6 Å². The zero-order chi connectivity index (χ0) is 32.6. The Morgan fingerprint density at radius 3 is 1.53 bits per heavy atom. The van der Waals surface area contributed by atoms with Crippen molar-refractivity contribution >= 4 is 11.9 Å². The Bertz CT molecular complexity index is 878. The van der Waals surface area contributed by atoms with Gasteiger partial charge in [-0.15, -0.1) is 0 Å². The molecule has 2 heterocycles. The van der Waals surface area contributed by atoms with E-state index in [9.17, 15) is 14.7 Å². The van der Waals surface area contributed by atoms with Crippen molar-refractivity contribution in [3.05, 3.63) is 0 Å². The largest absolute Gasteiger partial charge is 0.459 e. The van der Waals surface area contributed by atoms with E-state index in [1.165, 1.54) is 0 Å². The van der Waals surface area contributed by atoms with E-state index in [1.807, 2.05) is 55.4 Å². The van der Waals surface area contributed by atoms with Gasteiger partial charge in [-0.05, 0) is 60.8 Å². The maximum atomic E-state index is 12.9. The molecule has 0 aromatic heterocycles. The van der Waals surface area contributed by atoms with E-state index in [1.54, 1.807) is 0 Å². The minimum Gasteiger partial charge on any atom is -0.459 e. The summed E-state index contributed by atoms with van der Waals surface area (Å²) in [6, 6.07) is -0.242. The molecule has 1 unspecified atom stereocenters. The summed E-state index contributed by atoms with van der Waals surface area (Å²) in [7, 11) is 0. The van der Waals surface area contributed by atoms with Crippen LogP contribution >= 0.6 is 0 Å². The van der Waals surface area contributed by atoms with Gasteiger partial charge in [0.25, 0.3) is 0 Å². The summed E-state index contributed by atoms with van der Waals surface area (Å²) in [4.78, 5) is 34.7. The fourth-order valence-corrected chi connectivity index (χ4v) is 5.33. The number of hydrogen-bond acceptors (Lipinski definition) is 11. The van der Waals surface area contributed by atoms with Crippen LogP contribution in [0.15, 0.2) is 0 Å². The lowest BCUT2D eigenvalue weighted by Crippen LogP contribution is -2.54. The second-order valence-electron chi connectivity index (χ2n) is 15.8.